The fourth-order valence-corrected chi connectivity index (χ4v) is 2.46. The van der Waals surface area contributed by atoms with Gasteiger partial charge < -0.3 is 10.2 Å². The van der Waals surface area contributed by atoms with Gasteiger partial charge >= 0.3 is 12.0 Å². The first-order chi connectivity index (χ1) is 11.9. The Morgan fingerprint density at radius 3 is 2.68 bits per heavy atom. The second-order valence-electron chi connectivity index (χ2n) is 6.08. The van der Waals surface area contributed by atoms with E-state index in [1.807, 2.05) is 0 Å². The Kier molecular flexibility index (Phi) is 4.45. The van der Waals surface area contributed by atoms with E-state index in [0.717, 1.165) is 23.5 Å². The van der Waals surface area contributed by atoms with E-state index < -0.39 is 23.6 Å². The molecule has 0 aliphatic heterocycles. The molecule has 0 radical (unpaired) electrons. The number of aromatic hydroxyl groups is 1. The first-order valence-electron chi connectivity index (χ1n) is 7.93. The smallest absolute Gasteiger partial charge is 0.356 e. The summed E-state index contributed by atoms with van der Waals surface area (Å²) in [5, 5.41) is 20.2. The van der Waals surface area contributed by atoms with Crippen molar-refractivity contribution in [2.45, 2.75) is 25.8 Å². The molecule has 132 valence electrons. The van der Waals surface area contributed by atoms with Gasteiger partial charge in [0.2, 0.25) is 0 Å². The van der Waals surface area contributed by atoms with Gasteiger partial charge in [-0.1, -0.05) is 12.1 Å². The Balaban J connectivity index is 2.05. The lowest BCUT2D eigenvalue weighted by Crippen LogP contribution is -2.48. The molecule has 8 heteroatoms. The van der Waals surface area contributed by atoms with Crippen LogP contribution in [-0.2, 0) is 9.63 Å². The number of benzene rings is 1. The molecule has 1 aliphatic rings. The maximum Gasteiger partial charge on any atom is 0.356 e. The number of amides is 1. The molecule has 0 bridgehead atoms. The van der Waals surface area contributed by atoms with E-state index in [4.69, 9.17) is 4.84 Å². The predicted molar refractivity (Wildman–Crippen MR) is 88.3 cm³/mol. The zero-order chi connectivity index (χ0) is 18.1. The molecule has 0 saturated heterocycles. The third-order valence-electron chi connectivity index (χ3n) is 4.14. The van der Waals surface area contributed by atoms with Gasteiger partial charge in [-0.05, 0) is 37.8 Å². The zero-order valence-corrected chi connectivity index (χ0v) is 13.6. The summed E-state index contributed by atoms with van der Waals surface area (Å²) in [6.07, 6.45) is 1.93. The van der Waals surface area contributed by atoms with E-state index in [9.17, 15) is 24.6 Å². The van der Waals surface area contributed by atoms with Crippen molar-refractivity contribution in [1.29, 1.82) is 0 Å². The van der Waals surface area contributed by atoms with Crippen LogP contribution in [0.3, 0.4) is 0 Å². The highest BCUT2D eigenvalue weighted by molar-refractivity contribution is 5.94. The predicted octanol–water partition coefficient (Wildman–Crippen LogP) is 1.79. The largest absolute Gasteiger partial charge is 0.507 e. The van der Waals surface area contributed by atoms with E-state index in [1.165, 1.54) is 13.0 Å². The van der Waals surface area contributed by atoms with Gasteiger partial charge in [0, 0.05) is 11.5 Å². The zero-order valence-electron chi connectivity index (χ0n) is 13.6. The van der Waals surface area contributed by atoms with Crippen molar-refractivity contribution in [2.24, 2.45) is 5.92 Å². The summed E-state index contributed by atoms with van der Waals surface area (Å²) in [6.45, 7) is 1.52. The fraction of sp³-hybridized carbons (Fsp3) is 0.353. The molecule has 8 nitrogen and oxygen atoms in total. The van der Waals surface area contributed by atoms with Gasteiger partial charge in [-0.25, -0.2) is 14.2 Å². The molecule has 25 heavy (non-hydrogen) atoms. The average molecular weight is 346 g/mol. The third kappa shape index (κ3) is 3.34. The van der Waals surface area contributed by atoms with Crippen LogP contribution in [0.2, 0.25) is 0 Å². The molecule has 1 saturated carbocycles. The molecule has 1 aromatic carbocycles. The molecule has 1 fully saturated rings. The third-order valence-corrected chi connectivity index (χ3v) is 4.14. The average Bonchev–Trinajstić information content (AvgIpc) is 3.39. The summed E-state index contributed by atoms with van der Waals surface area (Å²) < 4.78 is 0.807. The molecule has 1 heterocycles. The van der Waals surface area contributed by atoms with Crippen LogP contribution >= 0.6 is 0 Å². The first-order valence-corrected chi connectivity index (χ1v) is 7.93. The van der Waals surface area contributed by atoms with E-state index in [-0.39, 0.29) is 17.9 Å². The van der Waals surface area contributed by atoms with E-state index in [2.05, 4.69) is 0 Å². The van der Waals surface area contributed by atoms with Gasteiger partial charge in [0.25, 0.3) is 5.56 Å². The molecule has 2 N–H and O–H groups in total. The number of hydroxylamine groups is 2. The fourth-order valence-electron chi connectivity index (χ4n) is 2.46. The second-order valence-corrected chi connectivity index (χ2v) is 6.08. The van der Waals surface area contributed by atoms with Gasteiger partial charge in [0.05, 0.1) is 12.1 Å². The number of para-hydroxylation sites is 1. The van der Waals surface area contributed by atoms with Crippen LogP contribution in [-0.4, -0.2) is 44.5 Å². The molecule has 1 aliphatic carbocycles. The standard InChI is InChI=1S/C17H18N2O6/c1-10(16(22)23)19(25-9-11-6-7-11)17(24)18-13-5-3-2-4-12(13)14(20)8-15(18)21/h2-5,8,10-11,20H,6-7,9H2,1H3,(H,22,23)/t10-/m0/s1. The van der Waals surface area contributed by atoms with Crippen LogP contribution in [0.5, 0.6) is 5.75 Å². The molecular formula is C17H18N2O6. The minimum Gasteiger partial charge on any atom is -0.507 e. The highest BCUT2D eigenvalue weighted by Crippen LogP contribution is 2.29. The summed E-state index contributed by atoms with van der Waals surface area (Å²) in [5.74, 6) is -1.20. The number of carboxylic acids is 1. The number of carbonyl (C=O) groups is 2. The van der Waals surface area contributed by atoms with Crippen molar-refractivity contribution in [3.8, 4) is 5.75 Å². The lowest BCUT2D eigenvalue weighted by atomic mass is 10.2. The summed E-state index contributed by atoms with van der Waals surface area (Å²) in [4.78, 5) is 41.9. The quantitative estimate of drug-likeness (QED) is 0.799. The monoisotopic (exact) mass is 346 g/mol. The van der Waals surface area contributed by atoms with Gasteiger partial charge in [-0.15, -0.1) is 0 Å². The normalized spacial score (nSPS) is 15.1. The Morgan fingerprint density at radius 1 is 1.36 bits per heavy atom. The molecule has 0 spiro atoms. The molecular weight excluding hydrogens is 328 g/mol. The maximum atomic E-state index is 12.9. The van der Waals surface area contributed by atoms with E-state index >= 15 is 0 Å². The van der Waals surface area contributed by atoms with Crippen LogP contribution < -0.4 is 5.56 Å². The van der Waals surface area contributed by atoms with Crippen LogP contribution in [0.1, 0.15) is 19.8 Å². The van der Waals surface area contributed by atoms with Crippen molar-refractivity contribution < 1.29 is 24.6 Å². The number of carbonyl (C=O) groups excluding carboxylic acids is 1. The topological polar surface area (TPSA) is 109 Å². The Hall–Kier alpha value is -2.87. The number of hydrogen-bond donors (Lipinski definition) is 2. The maximum absolute atomic E-state index is 12.9. The molecule has 1 aromatic heterocycles. The summed E-state index contributed by atoms with van der Waals surface area (Å²) >= 11 is 0. The number of nitrogens with zero attached hydrogens (tertiary/aromatic N) is 2. The van der Waals surface area contributed by atoms with Crippen LogP contribution in [0.15, 0.2) is 35.1 Å². The van der Waals surface area contributed by atoms with Crippen LogP contribution in [0, 0.1) is 5.92 Å². The van der Waals surface area contributed by atoms with Crippen molar-refractivity contribution in [1.82, 2.24) is 9.63 Å². The molecule has 0 unspecified atom stereocenters. The number of fused-ring (bicyclic) bond motifs is 1. The Morgan fingerprint density at radius 2 is 2.04 bits per heavy atom. The number of carboxylic acid groups (broad SMARTS) is 1. The van der Waals surface area contributed by atoms with Gasteiger partial charge in [-0.2, -0.15) is 5.06 Å². The number of rotatable bonds is 5. The number of pyridine rings is 1. The molecule has 3 rings (SSSR count). The number of hydrogen-bond acceptors (Lipinski definition) is 5. The lowest BCUT2D eigenvalue weighted by molar-refractivity contribution is -0.172. The van der Waals surface area contributed by atoms with Crippen molar-refractivity contribution in [3.63, 3.8) is 0 Å². The molecule has 2 aromatic rings. The van der Waals surface area contributed by atoms with Crippen LogP contribution in [0.25, 0.3) is 10.9 Å². The van der Waals surface area contributed by atoms with Gasteiger partial charge in [-0.3, -0.25) is 9.63 Å². The number of aromatic nitrogens is 1. The Labute approximate surface area is 142 Å². The highest BCUT2D eigenvalue weighted by atomic mass is 16.7. The lowest BCUT2D eigenvalue weighted by Gasteiger charge is -2.26. The van der Waals surface area contributed by atoms with Gasteiger partial charge in [0.15, 0.2) is 6.04 Å². The van der Waals surface area contributed by atoms with E-state index in [1.54, 1.807) is 18.2 Å². The van der Waals surface area contributed by atoms with Crippen molar-refractivity contribution in [3.05, 3.63) is 40.7 Å². The van der Waals surface area contributed by atoms with Crippen LogP contribution in [0.4, 0.5) is 4.79 Å². The summed E-state index contributed by atoms with van der Waals surface area (Å²) in [6, 6.07) is 5.07. The SMILES string of the molecule is C[C@@H](C(=O)O)N(OCC1CC1)C(=O)n1c(=O)cc(O)c2ccccc21. The summed E-state index contributed by atoms with van der Waals surface area (Å²) in [5.41, 5.74) is -0.589. The molecule has 1 atom stereocenters. The minimum atomic E-state index is -1.27. The number of aliphatic carboxylic acids is 1. The highest BCUT2D eigenvalue weighted by Gasteiger charge is 2.32. The van der Waals surface area contributed by atoms with Gasteiger partial charge in [0.1, 0.15) is 5.75 Å². The van der Waals surface area contributed by atoms with Crippen molar-refractivity contribution in [2.75, 3.05) is 6.61 Å². The Bertz CT molecular complexity index is 886. The summed E-state index contributed by atoms with van der Waals surface area (Å²) in [7, 11) is 0. The second kappa shape index (κ2) is 6.56. The van der Waals surface area contributed by atoms with E-state index in [0.29, 0.717) is 16.4 Å². The molecule has 1 amide bonds. The minimum absolute atomic E-state index is 0.176. The first kappa shape index (κ1) is 17.0. The van der Waals surface area contributed by atoms with Crippen molar-refractivity contribution >= 4 is 22.9 Å².